The van der Waals surface area contributed by atoms with Gasteiger partial charge in [0, 0.05) is 46.2 Å². The number of ether oxygens (including phenoxy) is 1. The molecule has 1 N–H and O–H groups in total. The predicted molar refractivity (Wildman–Crippen MR) is 145 cm³/mol. The van der Waals surface area contributed by atoms with Gasteiger partial charge in [0.2, 0.25) is 5.91 Å². The average Bonchev–Trinajstić information content (AvgIpc) is 3.58. The predicted octanol–water partition coefficient (Wildman–Crippen LogP) is 5.03. The van der Waals surface area contributed by atoms with Gasteiger partial charge < -0.3 is 19.5 Å². The topological polar surface area (TPSA) is 80.6 Å². The Morgan fingerprint density at radius 1 is 1.08 bits per heavy atom. The molecule has 3 aromatic carbocycles. The molecule has 0 unspecified atom stereocenters. The molecule has 3 heterocycles. The van der Waals surface area contributed by atoms with Crippen LogP contribution >= 0.6 is 11.8 Å². The normalized spacial score (nSPS) is 20.7. The van der Waals surface area contributed by atoms with Gasteiger partial charge in [0.1, 0.15) is 16.7 Å². The van der Waals surface area contributed by atoms with E-state index in [1.807, 2.05) is 30.3 Å². The van der Waals surface area contributed by atoms with Crippen LogP contribution in [-0.2, 0) is 30.5 Å². The van der Waals surface area contributed by atoms with Gasteiger partial charge in [-0.25, -0.2) is 9.18 Å². The molecule has 7 nitrogen and oxygen atoms in total. The molecule has 2 fully saturated rings. The fourth-order valence-corrected chi connectivity index (χ4v) is 7.37. The van der Waals surface area contributed by atoms with Gasteiger partial charge in [-0.2, -0.15) is 0 Å². The van der Waals surface area contributed by atoms with Crippen LogP contribution in [0.1, 0.15) is 25.3 Å². The molecular formula is C29H26FN3O4S. The van der Waals surface area contributed by atoms with E-state index in [2.05, 4.69) is 28.9 Å². The summed E-state index contributed by atoms with van der Waals surface area (Å²) in [6.45, 7) is 2.46. The minimum atomic E-state index is -0.802. The number of aryl methyl sites for hydroxylation is 1. The first-order valence-electron chi connectivity index (χ1n) is 12.6. The Hall–Kier alpha value is -3.85. The zero-order chi connectivity index (χ0) is 26.4. The van der Waals surface area contributed by atoms with E-state index in [9.17, 15) is 18.8 Å². The van der Waals surface area contributed by atoms with Crippen molar-refractivity contribution < 1.29 is 23.5 Å². The number of carbonyl (C=O) groups is 3. The minimum absolute atomic E-state index is 0.148. The molecule has 4 aromatic rings. The molecule has 0 aliphatic carbocycles. The zero-order valence-electron chi connectivity index (χ0n) is 20.8. The number of nitrogens with zero attached hydrogens (tertiary/aromatic N) is 2. The summed E-state index contributed by atoms with van der Waals surface area (Å²) in [5.41, 5.74) is 3.60. The van der Waals surface area contributed by atoms with E-state index in [1.54, 1.807) is 17.0 Å². The number of halogens is 1. The van der Waals surface area contributed by atoms with Crippen LogP contribution in [0.25, 0.3) is 21.8 Å². The lowest BCUT2D eigenvalue weighted by Gasteiger charge is -2.33. The Labute approximate surface area is 222 Å². The molecule has 9 heteroatoms. The number of hydrogen-bond acceptors (Lipinski definition) is 5. The third-order valence-corrected chi connectivity index (χ3v) is 9.01. The van der Waals surface area contributed by atoms with E-state index < -0.39 is 29.4 Å². The zero-order valence-corrected chi connectivity index (χ0v) is 21.6. The maximum Gasteiger partial charge on any atom is 0.330 e. The van der Waals surface area contributed by atoms with Gasteiger partial charge in [-0.3, -0.25) is 9.59 Å². The third kappa shape index (κ3) is 3.93. The molecule has 2 amide bonds. The minimum Gasteiger partial charge on any atom is -0.454 e. The van der Waals surface area contributed by atoms with Crippen molar-refractivity contribution in [3.63, 3.8) is 0 Å². The highest BCUT2D eigenvalue weighted by atomic mass is 32.2. The molecule has 2 atom stereocenters. The largest absolute Gasteiger partial charge is 0.454 e. The number of anilines is 1. The van der Waals surface area contributed by atoms with Gasteiger partial charge >= 0.3 is 5.97 Å². The lowest BCUT2D eigenvalue weighted by atomic mass is 10.0. The number of rotatable bonds is 6. The molecule has 0 bridgehead atoms. The maximum atomic E-state index is 13.5. The number of benzene rings is 3. The molecule has 38 heavy (non-hydrogen) atoms. The number of esters is 1. The highest BCUT2D eigenvalue weighted by molar-refractivity contribution is 8.00. The first-order chi connectivity index (χ1) is 18.4. The highest BCUT2D eigenvalue weighted by Gasteiger charge is 2.57. The Bertz CT molecular complexity index is 1580. The smallest absolute Gasteiger partial charge is 0.330 e. The standard InChI is InChI=1S/C29H26FN3O4S/c1-2-32-23-6-4-3-5-21(23)22-15-20(11-12-24(22)32)31-26(34)16-37-28(36)25-17-38-29(14-13-27(35)33(25)29)18-7-9-19(30)10-8-18/h3-12,15,25H,2,13-14,16-17H2,1H3,(H,31,34)/t25-,29+/m0/s1. The van der Waals surface area contributed by atoms with Crippen molar-refractivity contribution >= 4 is 57.0 Å². The van der Waals surface area contributed by atoms with Gasteiger partial charge in [0.05, 0.1) is 0 Å². The maximum absolute atomic E-state index is 13.5. The molecule has 0 saturated carbocycles. The summed E-state index contributed by atoms with van der Waals surface area (Å²) in [5.74, 6) is -1.23. The summed E-state index contributed by atoms with van der Waals surface area (Å²) in [4.78, 5) is 39.3. The van der Waals surface area contributed by atoms with Crippen molar-refractivity contribution in [3.05, 3.63) is 78.1 Å². The summed E-state index contributed by atoms with van der Waals surface area (Å²) < 4.78 is 21.1. The van der Waals surface area contributed by atoms with E-state index in [4.69, 9.17) is 4.74 Å². The number of hydrogen-bond donors (Lipinski definition) is 1. The number of para-hydroxylation sites is 1. The highest BCUT2D eigenvalue weighted by Crippen LogP contribution is 2.54. The van der Waals surface area contributed by atoms with Crippen molar-refractivity contribution in [1.82, 2.24) is 9.47 Å². The molecule has 0 spiro atoms. The molecule has 1 aromatic heterocycles. The van der Waals surface area contributed by atoms with Crippen molar-refractivity contribution in [3.8, 4) is 0 Å². The summed E-state index contributed by atoms with van der Waals surface area (Å²) in [7, 11) is 0. The summed E-state index contributed by atoms with van der Waals surface area (Å²) >= 11 is 1.48. The number of aromatic nitrogens is 1. The lowest BCUT2D eigenvalue weighted by molar-refractivity contribution is -0.155. The van der Waals surface area contributed by atoms with Gasteiger partial charge in [-0.15, -0.1) is 11.8 Å². The van der Waals surface area contributed by atoms with Crippen LogP contribution in [0.4, 0.5) is 10.1 Å². The van der Waals surface area contributed by atoms with E-state index >= 15 is 0 Å². The van der Waals surface area contributed by atoms with E-state index in [0.717, 1.165) is 33.9 Å². The van der Waals surface area contributed by atoms with Crippen LogP contribution in [0.3, 0.4) is 0 Å². The van der Waals surface area contributed by atoms with E-state index in [0.29, 0.717) is 24.3 Å². The average molecular weight is 532 g/mol. The summed E-state index contributed by atoms with van der Waals surface area (Å²) in [6.07, 6.45) is 0.828. The van der Waals surface area contributed by atoms with Crippen LogP contribution in [0, 0.1) is 5.82 Å². The first-order valence-corrected chi connectivity index (χ1v) is 13.6. The molecule has 6 rings (SSSR count). The Balaban J connectivity index is 1.14. The van der Waals surface area contributed by atoms with Gasteiger partial charge in [0.15, 0.2) is 6.61 Å². The second kappa shape index (κ2) is 9.47. The summed E-state index contributed by atoms with van der Waals surface area (Å²) in [6, 6.07) is 19.1. The van der Waals surface area contributed by atoms with Crippen LogP contribution in [0.2, 0.25) is 0 Å². The second-order valence-corrected chi connectivity index (χ2v) is 10.8. The van der Waals surface area contributed by atoms with Crippen LogP contribution in [0.5, 0.6) is 0 Å². The van der Waals surface area contributed by atoms with E-state index in [-0.39, 0.29) is 11.7 Å². The number of amides is 2. The van der Waals surface area contributed by atoms with Gasteiger partial charge in [-0.05, 0) is 55.3 Å². The number of thioether (sulfide) groups is 1. The molecule has 2 aliphatic heterocycles. The number of fused-ring (bicyclic) bond motifs is 4. The lowest BCUT2D eigenvalue weighted by Crippen LogP contribution is -2.47. The monoisotopic (exact) mass is 531 g/mol. The molecule has 0 radical (unpaired) electrons. The molecular weight excluding hydrogens is 505 g/mol. The van der Waals surface area contributed by atoms with Gasteiger partial charge in [0.25, 0.3) is 5.91 Å². The quantitative estimate of drug-likeness (QED) is 0.353. The van der Waals surface area contributed by atoms with Crippen LogP contribution in [0.15, 0.2) is 66.7 Å². The van der Waals surface area contributed by atoms with Gasteiger partial charge in [-0.1, -0.05) is 30.3 Å². The van der Waals surface area contributed by atoms with Crippen LogP contribution in [-0.4, -0.2) is 45.7 Å². The Kier molecular flexibility index (Phi) is 6.10. The van der Waals surface area contributed by atoms with Crippen molar-refractivity contribution in [2.24, 2.45) is 0 Å². The fourth-order valence-electron chi connectivity index (χ4n) is 5.73. The van der Waals surface area contributed by atoms with E-state index in [1.165, 1.54) is 23.9 Å². The number of carbonyl (C=O) groups excluding carboxylic acids is 3. The second-order valence-electron chi connectivity index (χ2n) is 9.53. The SMILES string of the molecule is CCn1c2ccccc2c2cc(NC(=O)COC(=O)[C@@H]3CS[C@@]4(c5ccc(F)cc5)CCC(=O)N34)ccc21. The molecule has 2 saturated heterocycles. The van der Waals surface area contributed by atoms with Crippen LogP contribution < -0.4 is 5.32 Å². The van der Waals surface area contributed by atoms with Crippen molar-refractivity contribution in [1.29, 1.82) is 0 Å². The number of nitrogens with one attached hydrogen (secondary N) is 1. The van der Waals surface area contributed by atoms with Crippen molar-refractivity contribution in [2.45, 2.75) is 37.2 Å². The Morgan fingerprint density at radius 2 is 1.84 bits per heavy atom. The van der Waals surface area contributed by atoms with Crippen molar-refractivity contribution in [2.75, 3.05) is 17.7 Å². The molecule has 194 valence electrons. The summed E-state index contributed by atoms with van der Waals surface area (Å²) in [5, 5.41) is 4.95. The molecule has 2 aliphatic rings. The fraction of sp³-hybridized carbons (Fsp3) is 0.276. The third-order valence-electron chi connectivity index (χ3n) is 7.41. The first kappa shape index (κ1) is 24.5. The Morgan fingerprint density at radius 3 is 2.63 bits per heavy atom.